The highest BCUT2D eigenvalue weighted by molar-refractivity contribution is 7.22. The Labute approximate surface area is 174 Å². The minimum absolute atomic E-state index is 0.470. The first kappa shape index (κ1) is 20.5. The number of methoxy groups -OCH3 is 2. The van der Waals surface area contributed by atoms with E-state index in [1.54, 1.807) is 31.8 Å². The first-order chi connectivity index (χ1) is 14.2. The molecule has 6 nitrogen and oxygen atoms in total. The van der Waals surface area contributed by atoms with Crippen LogP contribution in [0.3, 0.4) is 0 Å². The Morgan fingerprint density at radius 1 is 0.931 bits per heavy atom. The number of aromatic nitrogens is 3. The monoisotopic (exact) mass is 408 g/mol. The fourth-order valence-corrected chi connectivity index (χ4v) is 3.68. The fraction of sp³-hybridized carbons (Fsp3) is 0.227. The molecule has 3 aromatic heterocycles. The maximum absolute atomic E-state index is 5.35. The smallest absolute Gasteiger partial charge is 0.256 e. The summed E-state index contributed by atoms with van der Waals surface area (Å²) in [5, 5.41) is 4.08. The molecule has 0 aliphatic rings. The van der Waals surface area contributed by atoms with Crippen LogP contribution in [0.25, 0.3) is 21.3 Å². The van der Waals surface area contributed by atoms with Crippen molar-refractivity contribution in [3.8, 4) is 22.8 Å². The summed E-state index contributed by atoms with van der Waals surface area (Å²) in [5.74, 6) is 1.86. The standard InChI is InChI=1S/C20H18N4O2S.C2H6/c1-12-5-4-6-18(22-12)24-20-23-15-8-7-13(10-17(15)27-20)14-9-16(25-2)19(26-3)21-11-14;1-2/h4-11H,1-3H3,(H,22,23,24);1-2H3. The summed E-state index contributed by atoms with van der Waals surface area (Å²) in [6.45, 7) is 5.97. The minimum atomic E-state index is 0.470. The third kappa shape index (κ3) is 4.63. The van der Waals surface area contributed by atoms with Gasteiger partial charge in [0.05, 0.1) is 24.4 Å². The molecule has 0 saturated heterocycles. The highest BCUT2D eigenvalue weighted by Crippen LogP contribution is 2.34. The van der Waals surface area contributed by atoms with Crippen LogP contribution >= 0.6 is 11.3 Å². The van der Waals surface area contributed by atoms with E-state index < -0.39 is 0 Å². The summed E-state index contributed by atoms with van der Waals surface area (Å²) >= 11 is 1.59. The zero-order valence-corrected chi connectivity index (χ0v) is 18.0. The quantitative estimate of drug-likeness (QED) is 0.447. The molecule has 0 amide bonds. The number of hydrogen-bond donors (Lipinski definition) is 1. The fourth-order valence-electron chi connectivity index (χ4n) is 2.77. The van der Waals surface area contributed by atoms with E-state index in [0.717, 1.165) is 38.0 Å². The first-order valence-corrected chi connectivity index (χ1v) is 10.2. The Morgan fingerprint density at radius 2 is 1.76 bits per heavy atom. The molecule has 0 spiro atoms. The Bertz CT molecular complexity index is 1110. The number of benzene rings is 1. The summed E-state index contributed by atoms with van der Waals surface area (Å²) < 4.78 is 11.6. The molecule has 0 aliphatic heterocycles. The van der Waals surface area contributed by atoms with Crippen LogP contribution in [-0.2, 0) is 0 Å². The van der Waals surface area contributed by atoms with Gasteiger partial charge in [-0.15, -0.1) is 0 Å². The molecule has 0 unspecified atom stereocenters. The SMILES string of the molecule is CC.COc1cc(-c2ccc3nc(Nc4cccc(C)n4)sc3c2)cnc1OC. The second kappa shape index (κ2) is 9.34. The van der Waals surface area contributed by atoms with Gasteiger partial charge in [-0.1, -0.05) is 37.3 Å². The van der Waals surface area contributed by atoms with Crippen molar-refractivity contribution >= 4 is 32.5 Å². The third-order valence-corrected chi connectivity index (χ3v) is 5.01. The highest BCUT2D eigenvalue weighted by Gasteiger charge is 2.10. The Morgan fingerprint density at radius 3 is 2.48 bits per heavy atom. The third-order valence-electron chi connectivity index (χ3n) is 4.08. The van der Waals surface area contributed by atoms with Gasteiger partial charge in [-0.05, 0) is 42.8 Å². The highest BCUT2D eigenvalue weighted by atomic mass is 32.1. The van der Waals surface area contributed by atoms with Gasteiger partial charge in [-0.3, -0.25) is 0 Å². The zero-order chi connectivity index (χ0) is 20.8. The van der Waals surface area contributed by atoms with Crippen LogP contribution in [0.5, 0.6) is 11.6 Å². The molecule has 0 atom stereocenters. The van der Waals surface area contributed by atoms with E-state index in [0.29, 0.717) is 11.6 Å². The van der Waals surface area contributed by atoms with Crippen molar-refractivity contribution in [3.05, 3.63) is 54.4 Å². The van der Waals surface area contributed by atoms with Crippen LogP contribution < -0.4 is 14.8 Å². The molecule has 1 aromatic carbocycles. The van der Waals surface area contributed by atoms with E-state index in [4.69, 9.17) is 9.47 Å². The number of thiazole rings is 1. The Hall–Kier alpha value is -3.19. The Balaban J connectivity index is 0.00000117. The topological polar surface area (TPSA) is 69.2 Å². The maximum atomic E-state index is 5.35. The molecule has 4 aromatic rings. The van der Waals surface area contributed by atoms with E-state index in [2.05, 4.69) is 26.3 Å². The lowest BCUT2D eigenvalue weighted by Gasteiger charge is -2.08. The molecule has 0 saturated carbocycles. The average molecular weight is 409 g/mol. The summed E-state index contributed by atoms with van der Waals surface area (Å²) in [7, 11) is 3.18. The minimum Gasteiger partial charge on any atom is -0.491 e. The molecule has 29 heavy (non-hydrogen) atoms. The van der Waals surface area contributed by atoms with Gasteiger partial charge in [-0.2, -0.15) is 0 Å². The lowest BCUT2D eigenvalue weighted by molar-refractivity contribution is 0.343. The summed E-state index contributed by atoms with van der Waals surface area (Å²) in [5.41, 5.74) is 3.90. The van der Waals surface area contributed by atoms with Gasteiger partial charge in [0.1, 0.15) is 5.82 Å². The molecule has 3 heterocycles. The van der Waals surface area contributed by atoms with Gasteiger partial charge in [0, 0.05) is 17.5 Å². The average Bonchev–Trinajstić information content (AvgIpc) is 3.16. The van der Waals surface area contributed by atoms with Crippen molar-refractivity contribution in [2.24, 2.45) is 0 Å². The summed E-state index contributed by atoms with van der Waals surface area (Å²) in [6, 6.07) is 13.9. The zero-order valence-electron chi connectivity index (χ0n) is 17.2. The number of nitrogens with one attached hydrogen (secondary N) is 1. The second-order valence-electron chi connectivity index (χ2n) is 5.93. The van der Waals surface area contributed by atoms with Crippen molar-refractivity contribution < 1.29 is 9.47 Å². The number of aryl methyl sites for hydroxylation is 1. The number of fused-ring (bicyclic) bond motifs is 1. The van der Waals surface area contributed by atoms with Crippen molar-refractivity contribution in [1.82, 2.24) is 15.0 Å². The van der Waals surface area contributed by atoms with Crippen LogP contribution in [0.15, 0.2) is 48.7 Å². The number of rotatable bonds is 5. The first-order valence-electron chi connectivity index (χ1n) is 9.36. The predicted molar refractivity (Wildman–Crippen MR) is 120 cm³/mol. The van der Waals surface area contributed by atoms with Gasteiger partial charge in [0.2, 0.25) is 0 Å². The molecular formula is C22H24N4O2S. The molecule has 150 valence electrons. The molecule has 1 N–H and O–H groups in total. The van der Waals surface area contributed by atoms with Gasteiger partial charge < -0.3 is 14.8 Å². The lowest BCUT2D eigenvalue weighted by Crippen LogP contribution is -1.93. The van der Waals surface area contributed by atoms with E-state index in [1.807, 2.05) is 57.2 Å². The van der Waals surface area contributed by atoms with E-state index in [-0.39, 0.29) is 0 Å². The molecule has 0 fully saturated rings. The largest absolute Gasteiger partial charge is 0.491 e. The molecule has 0 radical (unpaired) electrons. The van der Waals surface area contributed by atoms with Gasteiger partial charge in [0.15, 0.2) is 10.9 Å². The van der Waals surface area contributed by atoms with Crippen LogP contribution in [0, 0.1) is 6.92 Å². The number of ether oxygens (including phenoxy) is 2. The van der Waals surface area contributed by atoms with Crippen LogP contribution in [0.2, 0.25) is 0 Å². The number of pyridine rings is 2. The van der Waals surface area contributed by atoms with Crippen LogP contribution in [0.1, 0.15) is 19.5 Å². The van der Waals surface area contributed by atoms with Crippen LogP contribution in [0.4, 0.5) is 10.9 Å². The number of hydrogen-bond acceptors (Lipinski definition) is 7. The number of anilines is 2. The van der Waals surface area contributed by atoms with E-state index >= 15 is 0 Å². The van der Waals surface area contributed by atoms with Crippen molar-refractivity contribution in [2.75, 3.05) is 19.5 Å². The van der Waals surface area contributed by atoms with Crippen LogP contribution in [-0.4, -0.2) is 29.2 Å². The maximum Gasteiger partial charge on any atom is 0.256 e. The summed E-state index contributed by atoms with van der Waals surface area (Å²) in [4.78, 5) is 13.4. The summed E-state index contributed by atoms with van der Waals surface area (Å²) in [6.07, 6.45) is 1.78. The lowest BCUT2D eigenvalue weighted by atomic mass is 10.1. The van der Waals surface area contributed by atoms with Gasteiger partial charge >= 0.3 is 0 Å². The van der Waals surface area contributed by atoms with E-state index in [1.165, 1.54) is 0 Å². The molecule has 7 heteroatoms. The Kier molecular flexibility index (Phi) is 6.61. The molecule has 4 rings (SSSR count). The molecule has 0 aliphatic carbocycles. The second-order valence-corrected chi connectivity index (χ2v) is 6.96. The normalized spacial score (nSPS) is 10.2. The van der Waals surface area contributed by atoms with E-state index in [9.17, 15) is 0 Å². The van der Waals surface area contributed by atoms with Crippen molar-refractivity contribution in [2.45, 2.75) is 20.8 Å². The molecule has 0 bridgehead atoms. The molecular weight excluding hydrogens is 384 g/mol. The number of nitrogens with zero attached hydrogens (tertiary/aromatic N) is 3. The van der Waals surface area contributed by atoms with Crippen molar-refractivity contribution in [3.63, 3.8) is 0 Å². The van der Waals surface area contributed by atoms with Gasteiger partial charge in [-0.25, -0.2) is 15.0 Å². The van der Waals surface area contributed by atoms with Gasteiger partial charge in [0.25, 0.3) is 5.88 Å². The van der Waals surface area contributed by atoms with Crippen molar-refractivity contribution in [1.29, 1.82) is 0 Å². The predicted octanol–water partition coefficient (Wildman–Crippen LogP) is 5.85.